The van der Waals surface area contributed by atoms with Crippen LogP contribution >= 0.6 is 0 Å². The van der Waals surface area contributed by atoms with Crippen molar-refractivity contribution in [2.24, 2.45) is 0 Å². The van der Waals surface area contributed by atoms with Crippen LogP contribution in [0.15, 0.2) is 29.1 Å². The summed E-state index contributed by atoms with van der Waals surface area (Å²) >= 11 is 0. The number of nitrogens with one attached hydrogen (secondary N) is 1. The summed E-state index contributed by atoms with van der Waals surface area (Å²) in [6, 6.07) is 8.13. The first-order valence-electron chi connectivity index (χ1n) is 7.00. The largest absolute Gasteiger partial charge is 0.396 e. The third kappa shape index (κ3) is 2.39. The zero-order valence-corrected chi connectivity index (χ0v) is 11.5. The third-order valence-electron chi connectivity index (χ3n) is 3.82. The molecule has 1 heterocycles. The molecule has 1 aliphatic rings. The highest BCUT2D eigenvalue weighted by molar-refractivity contribution is 5.62. The zero-order chi connectivity index (χ0) is 14.1. The van der Waals surface area contributed by atoms with Gasteiger partial charge in [0.15, 0.2) is 0 Å². The summed E-state index contributed by atoms with van der Waals surface area (Å²) in [4.78, 5) is 19.5. The van der Waals surface area contributed by atoms with Crippen LogP contribution < -0.4 is 5.56 Å². The fourth-order valence-electron chi connectivity index (χ4n) is 2.61. The summed E-state index contributed by atoms with van der Waals surface area (Å²) < 4.78 is 0. The Bertz CT molecular complexity index is 687. The topological polar surface area (TPSA) is 66.0 Å². The van der Waals surface area contributed by atoms with Crippen LogP contribution in [0.4, 0.5) is 0 Å². The molecule has 1 aliphatic carbocycles. The molecule has 104 valence electrons. The lowest BCUT2D eigenvalue weighted by atomic mass is 10.0. The smallest absolute Gasteiger partial charge is 0.254 e. The predicted molar refractivity (Wildman–Crippen MR) is 77.8 cm³/mol. The number of H-pyrrole nitrogens is 1. The molecule has 3 rings (SSSR count). The molecular formula is C16H18N2O2. The van der Waals surface area contributed by atoms with Gasteiger partial charge in [-0.25, -0.2) is 4.98 Å². The van der Waals surface area contributed by atoms with Crippen molar-refractivity contribution in [3.63, 3.8) is 0 Å². The van der Waals surface area contributed by atoms with E-state index in [0.717, 1.165) is 5.56 Å². The van der Waals surface area contributed by atoms with Crippen LogP contribution in [-0.2, 0) is 6.42 Å². The van der Waals surface area contributed by atoms with Crippen molar-refractivity contribution in [3.8, 4) is 11.4 Å². The molecule has 0 aliphatic heterocycles. The molecule has 0 amide bonds. The number of hydrogen-bond donors (Lipinski definition) is 2. The number of aromatic amines is 1. The van der Waals surface area contributed by atoms with Crippen LogP contribution in [0.3, 0.4) is 0 Å². The number of aryl methyl sites for hydroxylation is 1. The Morgan fingerprint density at radius 1 is 1.35 bits per heavy atom. The van der Waals surface area contributed by atoms with Crippen LogP contribution in [0.25, 0.3) is 11.4 Å². The third-order valence-corrected chi connectivity index (χ3v) is 3.82. The van der Waals surface area contributed by atoms with E-state index in [2.05, 4.69) is 16.0 Å². The molecular weight excluding hydrogens is 252 g/mol. The van der Waals surface area contributed by atoms with Gasteiger partial charge in [0, 0.05) is 29.8 Å². The zero-order valence-electron chi connectivity index (χ0n) is 11.5. The van der Waals surface area contributed by atoms with Gasteiger partial charge >= 0.3 is 0 Å². The number of nitrogens with zero attached hydrogens (tertiary/aromatic N) is 1. The number of benzene rings is 1. The molecule has 0 spiro atoms. The van der Waals surface area contributed by atoms with Crippen LogP contribution in [0.5, 0.6) is 0 Å². The molecule has 1 fully saturated rings. The monoisotopic (exact) mass is 270 g/mol. The van der Waals surface area contributed by atoms with Crippen LogP contribution in [0.2, 0.25) is 0 Å². The van der Waals surface area contributed by atoms with E-state index in [1.807, 2.05) is 25.1 Å². The summed E-state index contributed by atoms with van der Waals surface area (Å²) in [5.74, 6) is 1.24. The number of aliphatic hydroxyl groups excluding tert-OH is 1. The minimum absolute atomic E-state index is 0.0381. The molecule has 1 saturated carbocycles. The van der Waals surface area contributed by atoms with E-state index in [0.29, 0.717) is 29.4 Å². The van der Waals surface area contributed by atoms with E-state index < -0.39 is 0 Å². The van der Waals surface area contributed by atoms with Crippen molar-refractivity contribution in [1.29, 1.82) is 0 Å². The molecule has 20 heavy (non-hydrogen) atoms. The maximum absolute atomic E-state index is 12.1. The minimum Gasteiger partial charge on any atom is -0.396 e. The molecule has 1 aromatic carbocycles. The predicted octanol–water partition coefficient (Wildman–Crippen LogP) is 2.16. The molecule has 0 unspecified atom stereocenters. The second-order valence-corrected chi connectivity index (χ2v) is 5.31. The van der Waals surface area contributed by atoms with Crippen molar-refractivity contribution in [3.05, 3.63) is 51.4 Å². The summed E-state index contributed by atoms with van der Waals surface area (Å²) in [6.45, 7) is 1.78. The minimum atomic E-state index is -0.146. The Morgan fingerprint density at radius 2 is 2.10 bits per heavy atom. The van der Waals surface area contributed by atoms with E-state index in [1.54, 1.807) is 0 Å². The number of hydrogen-bond acceptors (Lipinski definition) is 3. The lowest BCUT2D eigenvalue weighted by Gasteiger charge is -2.10. The molecule has 0 radical (unpaired) electrons. The highest BCUT2D eigenvalue weighted by Crippen LogP contribution is 2.43. The van der Waals surface area contributed by atoms with Gasteiger partial charge in [-0.1, -0.05) is 24.3 Å². The number of rotatable bonds is 4. The Balaban J connectivity index is 2.09. The van der Waals surface area contributed by atoms with Gasteiger partial charge in [-0.2, -0.15) is 0 Å². The van der Waals surface area contributed by atoms with Gasteiger partial charge in [0.05, 0.1) is 0 Å². The quantitative estimate of drug-likeness (QED) is 0.894. The van der Waals surface area contributed by atoms with Gasteiger partial charge in [0.25, 0.3) is 5.56 Å². The lowest BCUT2D eigenvalue weighted by Crippen LogP contribution is -2.18. The first-order chi connectivity index (χ1) is 9.70. The van der Waals surface area contributed by atoms with Gasteiger partial charge < -0.3 is 10.1 Å². The van der Waals surface area contributed by atoms with Gasteiger partial charge in [0.1, 0.15) is 5.82 Å². The molecule has 2 N–H and O–H groups in total. The van der Waals surface area contributed by atoms with Gasteiger partial charge in [0.2, 0.25) is 0 Å². The average molecular weight is 270 g/mol. The number of aromatic nitrogens is 2. The van der Waals surface area contributed by atoms with Gasteiger partial charge in [-0.05, 0) is 31.2 Å². The summed E-state index contributed by atoms with van der Waals surface area (Å²) in [5, 5.41) is 9.00. The average Bonchev–Trinajstić information content (AvgIpc) is 3.27. The normalized spacial score (nSPS) is 14.5. The second-order valence-electron chi connectivity index (χ2n) is 5.31. The van der Waals surface area contributed by atoms with Crippen LogP contribution in [-0.4, -0.2) is 21.7 Å². The SMILES string of the molecule is Cc1nc(-c2ccccc2C2CC2)[nH]c(=O)c1CCO. The molecule has 0 saturated heterocycles. The van der Waals surface area contributed by atoms with E-state index in [1.165, 1.54) is 18.4 Å². The Kier molecular flexibility index (Phi) is 3.40. The van der Waals surface area contributed by atoms with E-state index in [4.69, 9.17) is 5.11 Å². The van der Waals surface area contributed by atoms with Crippen LogP contribution in [0, 0.1) is 6.92 Å². The summed E-state index contributed by atoms with van der Waals surface area (Å²) in [7, 11) is 0. The fourth-order valence-corrected chi connectivity index (χ4v) is 2.61. The summed E-state index contributed by atoms with van der Waals surface area (Å²) in [6.07, 6.45) is 2.77. The van der Waals surface area contributed by atoms with E-state index in [-0.39, 0.29) is 12.2 Å². The van der Waals surface area contributed by atoms with E-state index in [9.17, 15) is 4.79 Å². The highest BCUT2D eigenvalue weighted by Gasteiger charge is 2.26. The van der Waals surface area contributed by atoms with Crippen molar-refractivity contribution in [2.45, 2.75) is 32.1 Å². The molecule has 0 atom stereocenters. The molecule has 0 bridgehead atoms. The molecule has 2 aromatic rings. The molecule has 1 aromatic heterocycles. The molecule has 4 nitrogen and oxygen atoms in total. The van der Waals surface area contributed by atoms with E-state index >= 15 is 0 Å². The van der Waals surface area contributed by atoms with Crippen molar-refractivity contribution in [2.75, 3.05) is 6.61 Å². The lowest BCUT2D eigenvalue weighted by molar-refractivity contribution is 0.298. The second kappa shape index (κ2) is 5.21. The summed E-state index contributed by atoms with van der Waals surface area (Å²) in [5.41, 5.74) is 3.41. The maximum atomic E-state index is 12.1. The van der Waals surface area contributed by atoms with Crippen molar-refractivity contribution in [1.82, 2.24) is 9.97 Å². The Hall–Kier alpha value is -1.94. The van der Waals surface area contributed by atoms with Crippen LogP contribution in [0.1, 0.15) is 35.6 Å². The highest BCUT2D eigenvalue weighted by atomic mass is 16.3. The van der Waals surface area contributed by atoms with Gasteiger partial charge in [-0.3, -0.25) is 4.79 Å². The standard InChI is InChI=1S/C16H18N2O2/c1-10-12(8-9-19)16(20)18-15(17-10)14-5-3-2-4-13(14)11-6-7-11/h2-5,11,19H,6-9H2,1H3,(H,17,18,20). The number of aliphatic hydroxyl groups is 1. The van der Waals surface area contributed by atoms with Gasteiger partial charge in [-0.15, -0.1) is 0 Å². The fraction of sp³-hybridized carbons (Fsp3) is 0.375. The van der Waals surface area contributed by atoms with Crippen molar-refractivity contribution >= 4 is 0 Å². The Labute approximate surface area is 117 Å². The Morgan fingerprint density at radius 3 is 2.75 bits per heavy atom. The molecule has 4 heteroatoms. The first kappa shape index (κ1) is 13.1. The first-order valence-corrected chi connectivity index (χ1v) is 7.00. The maximum Gasteiger partial charge on any atom is 0.254 e. The van der Waals surface area contributed by atoms with Crippen molar-refractivity contribution < 1.29 is 5.11 Å².